The van der Waals surface area contributed by atoms with E-state index < -0.39 is 19.5 Å². The fourth-order valence-electron chi connectivity index (χ4n) is 3.27. The van der Waals surface area contributed by atoms with E-state index in [0.29, 0.717) is 23.2 Å². The second-order valence-corrected chi connectivity index (χ2v) is 9.57. The second kappa shape index (κ2) is 6.36. The molecule has 0 amide bonds. The lowest BCUT2D eigenvalue weighted by atomic mass is 9.91. The molecule has 0 saturated heterocycles. The molecule has 1 aliphatic carbocycles. The molecule has 2 aliphatic heterocycles. The first kappa shape index (κ1) is 18.5. The van der Waals surface area contributed by atoms with Crippen LogP contribution in [0.3, 0.4) is 0 Å². The number of rotatable bonds is 4. The van der Waals surface area contributed by atoms with Crippen LogP contribution in [0.25, 0.3) is 5.57 Å². The summed E-state index contributed by atoms with van der Waals surface area (Å²) >= 11 is 0.589. The van der Waals surface area contributed by atoms with Gasteiger partial charge in [-0.25, -0.2) is 17.5 Å². The predicted octanol–water partition coefficient (Wildman–Crippen LogP) is 3.22. The molecule has 2 heterocycles. The van der Waals surface area contributed by atoms with Gasteiger partial charge in [-0.05, 0) is 29.8 Å². The summed E-state index contributed by atoms with van der Waals surface area (Å²) in [6, 6.07) is 4.84. The minimum Gasteiger partial charge on any atom is -0.614 e. The van der Waals surface area contributed by atoms with E-state index >= 15 is 0 Å². The molecule has 0 bridgehead atoms. The molecular weight excluding hydrogens is 393 g/mol. The lowest BCUT2D eigenvalue weighted by molar-refractivity contribution is 0.587. The third-order valence-electron chi connectivity index (χ3n) is 4.50. The molecule has 1 N–H and O–H groups in total. The van der Waals surface area contributed by atoms with Crippen molar-refractivity contribution in [2.45, 2.75) is 11.7 Å². The van der Waals surface area contributed by atoms with Gasteiger partial charge in [-0.2, -0.15) is 0 Å². The van der Waals surface area contributed by atoms with Gasteiger partial charge < -0.3 is 14.6 Å². The summed E-state index contributed by atoms with van der Waals surface area (Å²) in [5, 5.41) is 23.8. The molecule has 0 fully saturated rings. The highest BCUT2D eigenvalue weighted by Gasteiger charge is 2.37. The van der Waals surface area contributed by atoms with Crippen molar-refractivity contribution in [2.75, 3.05) is 12.8 Å². The van der Waals surface area contributed by atoms with Gasteiger partial charge in [0.05, 0.1) is 23.9 Å². The lowest BCUT2D eigenvalue weighted by Gasteiger charge is -2.39. The van der Waals surface area contributed by atoms with E-state index in [1.54, 1.807) is 24.4 Å². The third kappa shape index (κ3) is 3.51. The first-order valence-corrected chi connectivity index (χ1v) is 10.8. The number of hydrogen-bond acceptors (Lipinski definition) is 6. The third-order valence-corrected chi connectivity index (χ3v) is 6.34. The summed E-state index contributed by atoms with van der Waals surface area (Å²) in [5.41, 5.74) is 3.49. The van der Waals surface area contributed by atoms with Crippen LogP contribution in [0.1, 0.15) is 22.8 Å². The molecule has 1 aromatic rings. The number of quaternary nitrogens is 1. The van der Waals surface area contributed by atoms with Gasteiger partial charge in [-0.3, -0.25) is 4.99 Å². The van der Waals surface area contributed by atoms with Gasteiger partial charge in [-0.15, -0.1) is 0 Å². The van der Waals surface area contributed by atoms with Crippen LogP contribution in [-0.2, 0) is 10.0 Å². The van der Waals surface area contributed by atoms with Crippen LogP contribution in [0.5, 0.6) is 0 Å². The Bertz CT molecular complexity index is 1060. The lowest BCUT2D eigenvalue weighted by Crippen LogP contribution is -2.27. The Morgan fingerprint density at radius 2 is 2.11 bits per heavy atom. The Kier molecular flexibility index (Phi) is 4.37. The average molecular weight is 408 g/mol. The highest BCUT2D eigenvalue weighted by molar-refractivity contribution is 7.99. The zero-order valence-electron chi connectivity index (χ0n) is 14.2. The van der Waals surface area contributed by atoms with E-state index in [1.807, 2.05) is 0 Å². The van der Waals surface area contributed by atoms with Crippen molar-refractivity contribution < 1.29 is 12.8 Å². The molecule has 0 saturated carbocycles. The van der Waals surface area contributed by atoms with Gasteiger partial charge in [0.25, 0.3) is 0 Å². The van der Waals surface area contributed by atoms with Crippen LogP contribution in [0, 0.1) is 10.4 Å². The summed E-state index contributed by atoms with van der Waals surface area (Å²) < 4.78 is 36.7. The van der Waals surface area contributed by atoms with Gasteiger partial charge >= 0.3 is 0 Å². The fraction of sp³-hybridized carbons (Fsp3) is 0.235. The standard InChI is InChI=1S/C17H15FN3O4S2/c1-27(24,25)20-9-17-13-6-10(2-5-16(13)21(22,23)26-17)14-8-19-15-7-11(18)3-4-12(14)15/h2-6,8,17,20H,7,9H2,1H3/q-1. The van der Waals surface area contributed by atoms with E-state index in [1.165, 1.54) is 12.1 Å². The number of nitrogens with one attached hydrogen (secondary N) is 1. The number of nitrogens with zero attached hydrogens (tertiary/aromatic N) is 2. The van der Waals surface area contributed by atoms with Crippen LogP contribution in [0.2, 0.25) is 0 Å². The molecule has 0 aromatic heterocycles. The van der Waals surface area contributed by atoms with Gasteiger partial charge in [0, 0.05) is 41.9 Å². The van der Waals surface area contributed by atoms with E-state index in [-0.39, 0.29) is 24.5 Å². The van der Waals surface area contributed by atoms with Gasteiger partial charge in [0.1, 0.15) is 16.8 Å². The predicted molar refractivity (Wildman–Crippen MR) is 105 cm³/mol. The summed E-state index contributed by atoms with van der Waals surface area (Å²) in [7, 11) is -3.45. The number of halogens is 1. The zero-order chi connectivity index (χ0) is 19.4. The van der Waals surface area contributed by atoms with E-state index in [0.717, 1.165) is 23.0 Å². The molecular formula is C17H15FN3O4S2-. The molecule has 27 heavy (non-hydrogen) atoms. The smallest absolute Gasteiger partial charge is 0.208 e. The largest absolute Gasteiger partial charge is 0.614 e. The number of aliphatic imine (C=N–C) groups is 1. The van der Waals surface area contributed by atoms with Crippen LogP contribution < -0.4 is 8.94 Å². The van der Waals surface area contributed by atoms with Crippen LogP contribution in [-0.4, -0.2) is 26.9 Å². The monoisotopic (exact) mass is 408 g/mol. The first-order valence-electron chi connectivity index (χ1n) is 8.07. The van der Waals surface area contributed by atoms with Crippen LogP contribution in [0.4, 0.5) is 10.1 Å². The zero-order valence-corrected chi connectivity index (χ0v) is 15.8. The first-order chi connectivity index (χ1) is 12.6. The molecule has 0 spiro atoms. The number of fused-ring (bicyclic) bond motifs is 2. The Morgan fingerprint density at radius 1 is 1.33 bits per heavy atom. The average Bonchev–Trinajstić information content (AvgIpc) is 3.10. The Hall–Kier alpha value is -1.82. The van der Waals surface area contributed by atoms with Crippen molar-refractivity contribution in [3.8, 4) is 0 Å². The van der Waals surface area contributed by atoms with Crippen LogP contribution >= 0.6 is 11.9 Å². The quantitative estimate of drug-likeness (QED) is 0.468. The maximum atomic E-state index is 13.4. The SMILES string of the molecule is CS(=O)(=O)NCC1S[N+]([O-])([O-])c2ccc(C3=CN=C4CC(F)=CC=C34)cc21. The maximum Gasteiger partial charge on any atom is 0.208 e. The molecule has 1 aromatic carbocycles. The van der Waals surface area contributed by atoms with Crippen LogP contribution in [0.15, 0.2) is 52.9 Å². The van der Waals surface area contributed by atoms with E-state index in [2.05, 4.69) is 9.71 Å². The van der Waals surface area contributed by atoms with Gasteiger partial charge in [0.15, 0.2) is 0 Å². The molecule has 10 heteroatoms. The number of allylic oxidation sites excluding steroid dienone is 5. The van der Waals surface area contributed by atoms with Crippen molar-refractivity contribution in [2.24, 2.45) is 4.99 Å². The number of benzene rings is 1. The highest BCUT2D eigenvalue weighted by atomic mass is 32.2. The van der Waals surface area contributed by atoms with Crippen molar-refractivity contribution in [3.05, 3.63) is 69.5 Å². The summed E-state index contributed by atoms with van der Waals surface area (Å²) in [5.74, 6) is -0.260. The van der Waals surface area contributed by atoms with Gasteiger partial charge in [-0.1, -0.05) is 0 Å². The normalized spacial score (nSPS) is 23.2. The minimum atomic E-state index is -3.45. The number of sulfonamides is 1. The summed E-state index contributed by atoms with van der Waals surface area (Å²) in [6.07, 6.45) is 5.84. The van der Waals surface area contributed by atoms with Crippen molar-refractivity contribution in [1.29, 1.82) is 0 Å². The summed E-state index contributed by atoms with van der Waals surface area (Å²) in [6.45, 7) is -0.0537. The Balaban J connectivity index is 1.69. The van der Waals surface area contributed by atoms with Crippen molar-refractivity contribution in [3.63, 3.8) is 0 Å². The molecule has 142 valence electrons. The fourth-order valence-corrected chi connectivity index (χ4v) is 4.92. The molecule has 0 radical (unpaired) electrons. The molecule has 1 atom stereocenters. The molecule has 3 aliphatic rings. The van der Waals surface area contributed by atoms with Gasteiger partial charge in [0.2, 0.25) is 10.0 Å². The minimum absolute atomic E-state index is 0.0485. The number of hydrogen-bond donors (Lipinski definition) is 1. The van der Waals surface area contributed by atoms with Crippen molar-refractivity contribution >= 4 is 38.9 Å². The highest BCUT2D eigenvalue weighted by Crippen LogP contribution is 2.52. The van der Waals surface area contributed by atoms with Crippen molar-refractivity contribution in [1.82, 2.24) is 8.94 Å². The van der Waals surface area contributed by atoms with E-state index in [9.17, 15) is 23.2 Å². The second-order valence-electron chi connectivity index (χ2n) is 6.47. The molecule has 1 unspecified atom stereocenters. The maximum absolute atomic E-state index is 13.4. The van der Waals surface area contributed by atoms with E-state index in [4.69, 9.17) is 0 Å². The molecule has 7 nitrogen and oxygen atoms in total. The summed E-state index contributed by atoms with van der Waals surface area (Å²) in [4.78, 5) is 4.26. The Morgan fingerprint density at radius 3 is 2.85 bits per heavy atom. The Labute approximate surface area is 159 Å². The molecule has 4 rings (SSSR count). The topological polar surface area (TPSA) is 105 Å².